The third kappa shape index (κ3) is 3.81. The number of benzene rings is 1. The molecule has 0 unspecified atom stereocenters. The molecule has 0 saturated heterocycles. The van der Waals surface area contributed by atoms with Crippen LogP contribution < -0.4 is 10.0 Å². The molecule has 1 aliphatic rings. The standard InChI is InChI=1S/C19H19N3O4S2/c1-12-10-18(21-26-12)22-28(24,25)14-8-6-13(7-9-14)20-19(23)16-11-27-17-5-3-2-4-15(16)17/h6-11H,2-5H2,1H3,(H,20,23)(H,21,22). The molecule has 1 aliphatic carbocycles. The van der Waals surface area contributed by atoms with Crippen molar-refractivity contribution in [1.29, 1.82) is 0 Å². The summed E-state index contributed by atoms with van der Waals surface area (Å²) in [5.74, 6) is 0.467. The average Bonchev–Trinajstić information content (AvgIpc) is 3.28. The van der Waals surface area contributed by atoms with Gasteiger partial charge >= 0.3 is 0 Å². The highest BCUT2D eigenvalue weighted by Crippen LogP contribution is 2.30. The van der Waals surface area contributed by atoms with Gasteiger partial charge in [0.2, 0.25) is 0 Å². The van der Waals surface area contributed by atoms with E-state index < -0.39 is 10.0 Å². The van der Waals surface area contributed by atoms with E-state index in [2.05, 4.69) is 15.2 Å². The van der Waals surface area contributed by atoms with Crippen LogP contribution >= 0.6 is 11.3 Å². The first kappa shape index (κ1) is 18.7. The monoisotopic (exact) mass is 417 g/mol. The summed E-state index contributed by atoms with van der Waals surface area (Å²) in [6.07, 6.45) is 4.25. The van der Waals surface area contributed by atoms with Crippen LogP contribution in [-0.2, 0) is 22.9 Å². The molecule has 7 nitrogen and oxygen atoms in total. The van der Waals surface area contributed by atoms with Crippen molar-refractivity contribution in [1.82, 2.24) is 5.16 Å². The number of hydrogen-bond donors (Lipinski definition) is 2. The topological polar surface area (TPSA) is 101 Å². The Kier molecular flexibility index (Phi) is 4.94. The average molecular weight is 418 g/mol. The Labute approximate surface area is 166 Å². The van der Waals surface area contributed by atoms with Gasteiger partial charge in [0.05, 0.1) is 10.5 Å². The molecule has 3 aromatic rings. The molecular formula is C19H19N3O4S2. The highest BCUT2D eigenvalue weighted by Gasteiger charge is 2.21. The van der Waals surface area contributed by atoms with E-state index in [0.29, 0.717) is 11.4 Å². The first-order chi connectivity index (χ1) is 13.4. The van der Waals surface area contributed by atoms with Crippen LogP contribution in [0.25, 0.3) is 0 Å². The van der Waals surface area contributed by atoms with Crippen LogP contribution in [0.1, 0.15) is 39.4 Å². The zero-order valence-electron chi connectivity index (χ0n) is 15.2. The van der Waals surface area contributed by atoms with E-state index in [4.69, 9.17) is 4.52 Å². The first-order valence-corrected chi connectivity index (χ1v) is 11.3. The fourth-order valence-electron chi connectivity index (χ4n) is 3.21. The van der Waals surface area contributed by atoms with Crippen molar-refractivity contribution in [3.05, 3.63) is 57.5 Å². The van der Waals surface area contributed by atoms with Crippen molar-refractivity contribution in [2.45, 2.75) is 37.5 Å². The summed E-state index contributed by atoms with van der Waals surface area (Å²) in [6, 6.07) is 7.51. The molecule has 0 bridgehead atoms. The van der Waals surface area contributed by atoms with Gasteiger partial charge in [-0.25, -0.2) is 8.42 Å². The summed E-state index contributed by atoms with van der Waals surface area (Å²) in [5.41, 5.74) is 2.41. The maximum Gasteiger partial charge on any atom is 0.263 e. The molecule has 0 atom stereocenters. The molecule has 2 heterocycles. The van der Waals surface area contributed by atoms with Crippen LogP contribution in [0, 0.1) is 6.92 Å². The van der Waals surface area contributed by atoms with Crippen LogP contribution in [0.15, 0.2) is 45.1 Å². The Balaban J connectivity index is 1.47. The predicted octanol–water partition coefficient (Wildman–Crippen LogP) is 3.98. The molecule has 1 aromatic carbocycles. The van der Waals surface area contributed by atoms with Gasteiger partial charge in [0.1, 0.15) is 5.76 Å². The van der Waals surface area contributed by atoms with Crippen molar-refractivity contribution >= 4 is 38.8 Å². The Bertz CT molecular complexity index is 1110. The van der Waals surface area contributed by atoms with Gasteiger partial charge in [0, 0.05) is 22.0 Å². The number of aromatic nitrogens is 1. The number of nitrogens with one attached hydrogen (secondary N) is 2. The zero-order chi connectivity index (χ0) is 19.7. The summed E-state index contributed by atoms with van der Waals surface area (Å²) in [6.45, 7) is 1.67. The predicted molar refractivity (Wildman–Crippen MR) is 107 cm³/mol. The van der Waals surface area contributed by atoms with E-state index in [9.17, 15) is 13.2 Å². The van der Waals surface area contributed by atoms with Gasteiger partial charge in [-0.1, -0.05) is 5.16 Å². The van der Waals surface area contributed by atoms with Crippen LogP contribution in [-0.4, -0.2) is 19.5 Å². The number of fused-ring (bicyclic) bond motifs is 1. The SMILES string of the molecule is Cc1cc(NS(=O)(=O)c2ccc(NC(=O)c3csc4c3CCCC4)cc2)no1. The molecule has 2 N–H and O–H groups in total. The summed E-state index contributed by atoms with van der Waals surface area (Å²) < 4.78 is 32.0. The van der Waals surface area contributed by atoms with Gasteiger partial charge in [0.15, 0.2) is 5.82 Å². The molecule has 1 amide bonds. The van der Waals surface area contributed by atoms with Gasteiger partial charge < -0.3 is 9.84 Å². The van der Waals surface area contributed by atoms with E-state index >= 15 is 0 Å². The minimum Gasteiger partial charge on any atom is -0.360 e. The minimum atomic E-state index is -3.78. The van der Waals surface area contributed by atoms with Crippen LogP contribution in [0.5, 0.6) is 0 Å². The van der Waals surface area contributed by atoms with E-state index in [1.807, 2.05) is 5.38 Å². The van der Waals surface area contributed by atoms with Crippen LogP contribution in [0.4, 0.5) is 11.5 Å². The molecule has 146 valence electrons. The molecule has 0 fully saturated rings. The molecule has 0 radical (unpaired) electrons. The Morgan fingerprint density at radius 2 is 1.93 bits per heavy atom. The molecule has 0 spiro atoms. The van der Waals surface area contributed by atoms with Crippen molar-refractivity contribution in [2.75, 3.05) is 10.0 Å². The first-order valence-electron chi connectivity index (χ1n) is 8.89. The fourth-order valence-corrected chi connectivity index (χ4v) is 5.32. The lowest BCUT2D eigenvalue weighted by molar-refractivity contribution is 0.102. The Morgan fingerprint density at radius 1 is 1.18 bits per heavy atom. The maximum absolute atomic E-state index is 12.6. The largest absolute Gasteiger partial charge is 0.360 e. The van der Waals surface area contributed by atoms with Crippen molar-refractivity contribution < 1.29 is 17.7 Å². The van der Waals surface area contributed by atoms with E-state index in [-0.39, 0.29) is 16.6 Å². The van der Waals surface area contributed by atoms with E-state index in [0.717, 1.165) is 30.4 Å². The normalized spacial score (nSPS) is 13.8. The highest BCUT2D eigenvalue weighted by atomic mass is 32.2. The molecule has 4 rings (SSSR count). The van der Waals surface area contributed by atoms with Crippen molar-refractivity contribution in [3.8, 4) is 0 Å². The third-order valence-corrected chi connectivity index (χ3v) is 7.05. The summed E-state index contributed by atoms with van der Waals surface area (Å²) in [7, 11) is -3.78. The van der Waals surface area contributed by atoms with Crippen LogP contribution in [0.3, 0.4) is 0 Å². The summed E-state index contributed by atoms with van der Waals surface area (Å²) >= 11 is 1.64. The highest BCUT2D eigenvalue weighted by molar-refractivity contribution is 7.92. The molecule has 28 heavy (non-hydrogen) atoms. The number of thiophene rings is 1. The van der Waals surface area contributed by atoms with E-state index in [1.54, 1.807) is 30.4 Å². The third-order valence-electron chi connectivity index (χ3n) is 4.60. The number of nitrogens with zero attached hydrogens (tertiary/aromatic N) is 1. The van der Waals surface area contributed by atoms with Gasteiger partial charge in [-0.3, -0.25) is 9.52 Å². The molecule has 2 aromatic heterocycles. The molecule has 0 saturated carbocycles. The number of anilines is 2. The number of aryl methyl sites for hydroxylation is 2. The van der Waals surface area contributed by atoms with Crippen molar-refractivity contribution in [2.24, 2.45) is 0 Å². The Hall–Kier alpha value is -2.65. The second kappa shape index (κ2) is 7.40. The molecule has 9 heteroatoms. The zero-order valence-corrected chi connectivity index (χ0v) is 16.8. The lowest BCUT2D eigenvalue weighted by Crippen LogP contribution is -2.15. The number of hydrogen-bond acceptors (Lipinski definition) is 6. The number of rotatable bonds is 5. The lowest BCUT2D eigenvalue weighted by Gasteiger charge is -2.13. The molecular weight excluding hydrogens is 398 g/mol. The number of sulfonamides is 1. The van der Waals surface area contributed by atoms with E-state index in [1.165, 1.54) is 29.5 Å². The Morgan fingerprint density at radius 3 is 2.64 bits per heavy atom. The second-order valence-corrected chi connectivity index (χ2v) is 9.31. The van der Waals surface area contributed by atoms with Gasteiger partial charge in [-0.15, -0.1) is 11.3 Å². The van der Waals surface area contributed by atoms with Gasteiger partial charge in [-0.2, -0.15) is 0 Å². The second-order valence-electron chi connectivity index (χ2n) is 6.67. The van der Waals surface area contributed by atoms with Gasteiger partial charge in [0.25, 0.3) is 15.9 Å². The van der Waals surface area contributed by atoms with Gasteiger partial charge in [-0.05, 0) is 62.4 Å². The maximum atomic E-state index is 12.6. The summed E-state index contributed by atoms with van der Waals surface area (Å²) in [4.78, 5) is 14.0. The molecule has 0 aliphatic heterocycles. The summed E-state index contributed by atoms with van der Waals surface area (Å²) in [5, 5.41) is 8.39. The number of carbonyl (C=O) groups excluding carboxylic acids is 1. The van der Waals surface area contributed by atoms with Crippen LogP contribution in [0.2, 0.25) is 0 Å². The number of carbonyl (C=O) groups is 1. The lowest BCUT2D eigenvalue weighted by atomic mass is 9.95. The minimum absolute atomic E-state index is 0.0686. The quantitative estimate of drug-likeness (QED) is 0.654. The smallest absolute Gasteiger partial charge is 0.263 e. The van der Waals surface area contributed by atoms with Crippen molar-refractivity contribution in [3.63, 3.8) is 0 Å². The number of amides is 1. The fraction of sp³-hybridized carbons (Fsp3) is 0.263.